The van der Waals surface area contributed by atoms with Gasteiger partial charge in [0, 0.05) is 37.1 Å². The molecule has 4 aromatic rings. The van der Waals surface area contributed by atoms with Crippen LogP contribution >= 0.6 is 0 Å². The van der Waals surface area contributed by atoms with E-state index in [0.29, 0.717) is 29.6 Å². The predicted molar refractivity (Wildman–Crippen MR) is 114 cm³/mol. The fourth-order valence-electron chi connectivity index (χ4n) is 4.48. The van der Waals surface area contributed by atoms with Gasteiger partial charge in [-0.2, -0.15) is 0 Å². The number of H-pyrrole nitrogens is 1. The molecule has 3 aromatic carbocycles. The Kier molecular flexibility index (Phi) is 3.74. The number of hydrogen-bond donors (Lipinski definition) is 2. The van der Waals surface area contributed by atoms with Gasteiger partial charge in [0.05, 0.1) is 22.2 Å². The van der Waals surface area contributed by atoms with Crippen molar-refractivity contribution in [3.63, 3.8) is 0 Å². The predicted octanol–water partition coefficient (Wildman–Crippen LogP) is 2.80. The SMILES string of the molecule is O=C1c2cccc3c(-c4nc5ccccc5[nH]4)ccc(c23)C(=O)N1N1CCNCC1. The zero-order valence-corrected chi connectivity index (χ0v) is 16.2. The lowest BCUT2D eigenvalue weighted by Crippen LogP contribution is -2.57. The van der Waals surface area contributed by atoms with E-state index in [4.69, 9.17) is 4.98 Å². The summed E-state index contributed by atoms with van der Waals surface area (Å²) in [6, 6.07) is 17.2. The Bertz CT molecular complexity index is 1280. The van der Waals surface area contributed by atoms with Crippen LogP contribution in [0.15, 0.2) is 54.6 Å². The van der Waals surface area contributed by atoms with Gasteiger partial charge in [0.1, 0.15) is 5.82 Å². The van der Waals surface area contributed by atoms with Gasteiger partial charge in [0.2, 0.25) is 0 Å². The summed E-state index contributed by atoms with van der Waals surface area (Å²) in [5.41, 5.74) is 3.82. The van der Waals surface area contributed by atoms with Crippen LogP contribution in [-0.4, -0.2) is 58.0 Å². The van der Waals surface area contributed by atoms with Crippen molar-refractivity contribution in [2.45, 2.75) is 0 Å². The van der Waals surface area contributed by atoms with Crippen molar-refractivity contribution in [1.82, 2.24) is 25.3 Å². The van der Waals surface area contributed by atoms with Gasteiger partial charge in [0.15, 0.2) is 0 Å². The number of nitrogens with zero attached hydrogens (tertiary/aromatic N) is 3. The Morgan fingerprint density at radius 3 is 2.33 bits per heavy atom. The van der Waals surface area contributed by atoms with Crippen LogP contribution in [0.1, 0.15) is 20.7 Å². The van der Waals surface area contributed by atoms with E-state index >= 15 is 0 Å². The smallest absolute Gasteiger partial charge is 0.276 e. The van der Waals surface area contributed by atoms with Crippen LogP contribution in [0.5, 0.6) is 0 Å². The maximum atomic E-state index is 13.3. The van der Waals surface area contributed by atoms with Crippen molar-refractivity contribution in [3.05, 3.63) is 65.7 Å². The number of hydrogen-bond acceptors (Lipinski definition) is 5. The van der Waals surface area contributed by atoms with Crippen molar-refractivity contribution in [2.75, 3.05) is 26.2 Å². The fraction of sp³-hybridized carbons (Fsp3) is 0.174. The highest BCUT2D eigenvalue weighted by atomic mass is 16.2. The van der Waals surface area contributed by atoms with Gasteiger partial charge in [-0.05, 0) is 35.7 Å². The minimum Gasteiger partial charge on any atom is -0.338 e. The fourth-order valence-corrected chi connectivity index (χ4v) is 4.48. The normalized spacial score (nSPS) is 17.3. The van der Waals surface area contributed by atoms with Crippen LogP contribution in [0.2, 0.25) is 0 Å². The summed E-state index contributed by atoms with van der Waals surface area (Å²) in [7, 11) is 0. The summed E-state index contributed by atoms with van der Waals surface area (Å²) in [5, 5.41) is 7.98. The molecule has 2 N–H and O–H groups in total. The second kappa shape index (κ2) is 6.48. The highest BCUT2D eigenvalue weighted by Crippen LogP contribution is 2.36. The van der Waals surface area contributed by atoms with Crippen molar-refractivity contribution < 1.29 is 9.59 Å². The number of amides is 2. The summed E-state index contributed by atoms with van der Waals surface area (Å²) in [5.74, 6) is 0.202. The maximum Gasteiger partial charge on any atom is 0.276 e. The Morgan fingerprint density at radius 2 is 1.53 bits per heavy atom. The lowest BCUT2D eigenvalue weighted by molar-refractivity contribution is -0.00828. The number of nitrogens with one attached hydrogen (secondary N) is 2. The number of carbonyl (C=O) groups is 2. The molecular weight excluding hydrogens is 378 g/mol. The van der Waals surface area contributed by atoms with Crippen molar-refractivity contribution in [2.24, 2.45) is 0 Å². The topological polar surface area (TPSA) is 81.3 Å². The summed E-state index contributed by atoms with van der Waals surface area (Å²) >= 11 is 0. The molecule has 0 aliphatic carbocycles. The molecule has 2 aliphatic heterocycles. The van der Waals surface area contributed by atoms with Gasteiger partial charge in [0.25, 0.3) is 11.8 Å². The molecular formula is C23H19N5O2. The third-order valence-electron chi connectivity index (χ3n) is 5.91. The minimum atomic E-state index is -0.262. The zero-order chi connectivity index (χ0) is 20.2. The van der Waals surface area contributed by atoms with Crippen LogP contribution in [0.3, 0.4) is 0 Å². The van der Waals surface area contributed by atoms with Crippen LogP contribution in [0.25, 0.3) is 33.2 Å². The molecule has 2 amide bonds. The molecule has 0 spiro atoms. The van der Waals surface area contributed by atoms with Gasteiger partial charge >= 0.3 is 0 Å². The van der Waals surface area contributed by atoms with E-state index in [1.807, 2.05) is 53.5 Å². The van der Waals surface area contributed by atoms with E-state index in [9.17, 15) is 9.59 Å². The highest BCUT2D eigenvalue weighted by Gasteiger charge is 2.37. The molecule has 0 atom stereocenters. The average Bonchev–Trinajstić information content (AvgIpc) is 3.22. The first-order valence-corrected chi connectivity index (χ1v) is 10.1. The molecule has 2 aliphatic rings. The molecule has 0 bridgehead atoms. The second-order valence-corrected chi connectivity index (χ2v) is 7.62. The first kappa shape index (κ1) is 17.3. The Balaban J connectivity index is 1.54. The molecule has 0 radical (unpaired) electrons. The molecule has 1 saturated heterocycles. The van der Waals surface area contributed by atoms with E-state index in [1.165, 1.54) is 5.01 Å². The summed E-state index contributed by atoms with van der Waals surface area (Å²) < 4.78 is 0. The van der Waals surface area contributed by atoms with Crippen LogP contribution < -0.4 is 5.32 Å². The second-order valence-electron chi connectivity index (χ2n) is 7.62. The van der Waals surface area contributed by atoms with Gasteiger partial charge in [-0.25, -0.2) is 15.0 Å². The molecule has 1 aromatic heterocycles. The van der Waals surface area contributed by atoms with Crippen LogP contribution in [-0.2, 0) is 0 Å². The number of fused-ring (bicyclic) bond motifs is 1. The minimum absolute atomic E-state index is 0.262. The quantitative estimate of drug-likeness (QED) is 0.509. The number of hydrazine groups is 1. The summed E-state index contributed by atoms with van der Waals surface area (Å²) in [4.78, 5) is 34.7. The third-order valence-corrected chi connectivity index (χ3v) is 5.91. The number of para-hydroxylation sites is 2. The molecule has 6 rings (SSSR count). The first-order valence-electron chi connectivity index (χ1n) is 10.1. The molecule has 1 fully saturated rings. The number of imidazole rings is 1. The number of benzene rings is 3. The molecule has 30 heavy (non-hydrogen) atoms. The van der Waals surface area contributed by atoms with Gasteiger partial charge in [-0.15, -0.1) is 0 Å². The number of piperazine rings is 1. The Morgan fingerprint density at radius 1 is 0.800 bits per heavy atom. The van der Waals surface area contributed by atoms with E-state index < -0.39 is 0 Å². The average molecular weight is 397 g/mol. The number of imide groups is 1. The van der Waals surface area contributed by atoms with Gasteiger partial charge in [-0.1, -0.05) is 24.3 Å². The number of rotatable bonds is 2. The highest BCUT2D eigenvalue weighted by molar-refractivity contribution is 6.26. The van der Waals surface area contributed by atoms with Crippen molar-refractivity contribution >= 4 is 33.6 Å². The molecule has 7 heteroatoms. The first-order chi connectivity index (χ1) is 14.7. The number of aromatic nitrogens is 2. The molecule has 7 nitrogen and oxygen atoms in total. The Labute approximate surface area is 172 Å². The molecule has 3 heterocycles. The number of carbonyl (C=O) groups excluding carboxylic acids is 2. The lowest BCUT2D eigenvalue weighted by atomic mass is 9.91. The van der Waals surface area contributed by atoms with Crippen molar-refractivity contribution in [3.8, 4) is 11.4 Å². The van der Waals surface area contributed by atoms with Crippen LogP contribution in [0.4, 0.5) is 0 Å². The largest absolute Gasteiger partial charge is 0.338 e. The van der Waals surface area contributed by atoms with Crippen LogP contribution in [0, 0.1) is 0 Å². The summed E-state index contributed by atoms with van der Waals surface area (Å²) in [6.07, 6.45) is 0. The Hall–Kier alpha value is -3.55. The maximum absolute atomic E-state index is 13.3. The van der Waals surface area contributed by atoms with E-state index in [-0.39, 0.29) is 11.8 Å². The third kappa shape index (κ3) is 2.43. The lowest BCUT2D eigenvalue weighted by Gasteiger charge is -2.38. The standard InChI is InChI=1S/C23H19N5O2/c29-22-16-5-3-4-14-15(21-25-18-6-1-2-7-19(18)26-21)8-9-17(20(14)16)23(30)28(22)27-12-10-24-11-13-27/h1-9,24H,10-13H2,(H,25,26). The van der Waals surface area contributed by atoms with Crippen molar-refractivity contribution in [1.29, 1.82) is 0 Å². The van der Waals surface area contributed by atoms with E-state index in [2.05, 4.69) is 10.3 Å². The zero-order valence-electron chi connectivity index (χ0n) is 16.2. The molecule has 0 unspecified atom stereocenters. The van der Waals surface area contributed by atoms with E-state index in [1.54, 1.807) is 6.07 Å². The molecule has 148 valence electrons. The monoisotopic (exact) mass is 397 g/mol. The molecule has 0 saturated carbocycles. The summed E-state index contributed by atoms with van der Waals surface area (Å²) in [6.45, 7) is 2.75. The van der Waals surface area contributed by atoms with Gasteiger partial charge in [-0.3, -0.25) is 9.59 Å². The van der Waals surface area contributed by atoms with E-state index in [0.717, 1.165) is 40.9 Å². The van der Waals surface area contributed by atoms with Gasteiger partial charge < -0.3 is 10.3 Å². The number of aromatic amines is 1.